The Morgan fingerprint density at radius 3 is 2.35 bits per heavy atom. The summed E-state index contributed by atoms with van der Waals surface area (Å²) in [6, 6.07) is 10.0. The molecular weight excluding hydrogens is 332 g/mol. The lowest BCUT2D eigenvalue weighted by Crippen LogP contribution is -2.11. The van der Waals surface area contributed by atoms with Crippen molar-refractivity contribution in [1.29, 1.82) is 0 Å². The zero-order valence-electron chi connectivity index (χ0n) is 12.9. The zero-order chi connectivity index (χ0) is 17.0. The third kappa shape index (κ3) is 4.37. The molecule has 0 saturated carbocycles. The molecule has 0 fully saturated rings. The van der Waals surface area contributed by atoms with Crippen LogP contribution >= 0.6 is 23.2 Å². The number of benzene rings is 2. The summed E-state index contributed by atoms with van der Waals surface area (Å²) >= 11 is 12.7. The summed E-state index contributed by atoms with van der Waals surface area (Å²) in [5.74, 6) is -0.261. The van der Waals surface area contributed by atoms with E-state index < -0.39 is 0 Å². The van der Waals surface area contributed by atoms with Gasteiger partial charge < -0.3 is 5.32 Å². The molecule has 0 aliphatic rings. The average molecular weight is 350 g/mol. The van der Waals surface area contributed by atoms with Crippen molar-refractivity contribution in [2.24, 2.45) is 0 Å². The molecule has 2 aromatic rings. The van der Waals surface area contributed by atoms with Crippen molar-refractivity contribution in [2.45, 2.75) is 19.9 Å². The lowest BCUT2D eigenvalue weighted by Gasteiger charge is -2.14. The Morgan fingerprint density at radius 1 is 1.13 bits per heavy atom. The minimum atomic E-state index is -0.261. The first kappa shape index (κ1) is 17.6. The Hall–Kier alpha value is -1.77. The molecule has 0 amide bonds. The first-order valence-corrected chi connectivity index (χ1v) is 8.02. The maximum absolute atomic E-state index is 13.2. The van der Waals surface area contributed by atoms with Crippen LogP contribution in [0.2, 0.25) is 10.0 Å². The molecule has 2 rings (SSSR count). The average Bonchev–Trinajstić information content (AvgIpc) is 2.51. The van der Waals surface area contributed by atoms with Crippen LogP contribution in [0.3, 0.4) is 0 Å². The molecule has 0 saturated heterocycles. The second-order valence-electron chi connectivity index (χ2n) is 5.23. The van der Waals surface area contributed by atoms with Crippen LogP contribution < -0.4 is 5.32 Å². The van der Waals surface area contributed by atoms with E-state index in [1.165, 1.54) is 12.1 Å². The standard InChI is InChI=1S/C19H18Cl2FN/c1-4-12(2)19-17(20)9-15(10-18(19)21)13(3)23-11-14-6-5-7-16(22)8-14/h5-10,23H,2-4,11H2,1H3. The van der Waals surface area contributed by atoms with Gasteiger partial charge in [0.25, 0.3) is 0 Å². The molecule has 0 aliphatic carbocycles. The molecule has 1 nitrogen and oxygen atoms in total. The molecule has 1 N–H and O–H groups in total. The van der Waals surface area contributed by atoms with Crippen LogP contribution in [-0.2, 0) is 6.54 Å². The van der Waals surface area contributed by atoms with Crippen LogP contribution in [0.25, 0.3) is 11.3 Å². The van der Waals surface area contributed by atoms with Crippen molar-refractivity contribution in [3.8, 4) is 0 Å². The third-order valence-electron chi connectivity index (χ3n) is 3.57. The van der Waals surface area contributed by atoms with Crippen molar-refractivity contribution in [3.63, 3.8) is 0 Å². The zero-order valence-corrected chi connectivity index (χ0v) is 14.4. The van der Waals surface area contributed by atoms with Crippen molar-refractivity contribution >= 4 is 34.5 Å². The molecule has 0 heterocycles. The highest BCUT2D eigenvalue weighted by Crippen LogP contribution is 2.34. The molecular formula is C19H18Cl2FN. The normalized spacial score (nSPS) is 10.4. The fourth-order valence-corrected chi connectivity index (χ4v) is 2.97. The minimum absolute atomic E-state index is 0.261. The van der Waals surface area contributed by atoms with E-state index in [1.54, 1.807) is 6.07 Å². The molecule has 0 aromatic heterocycles. The Balaban J connectivity index is 2.15. The van der Waals surface area contributed by atoms with Gasteiger partial charge in [-0.2, -0.15) is 0 Å². The SMILES string of the molecule is C=C(NCc1cccc(F)c1)c1cc(Cl)c(C(=C)CC)c(Cl)c1. The number of halogens is 3. The van der Waals surface area contributed by atoms with Crippen LogP contribution in [-0.4, -0.2) is 0 Å². The molecule has 0 aliphatic heterocycles. The Kier molecular flexibility index (Phi) is 5.86. The Bertz CT molecular complexity index is 730. The van der Waals surface area contributed by atoms with Gasteiger partial charge in [-0.3, -0.25) is 0 Å². The van der Waals surface area contributed by atoms with E-state index in [1.807, 2.05) is 25.1 Å². The van der Waals surface area contributed by atoms with Gasteiger partial charge in [-0.05, 0) is 47.4 Å². The fourth-order valence-electron chi connectivity index (χ4n) is 2.22. The van der Waals surface area contributed by atoms with E-state index in [-0.39, 0.29) is 5.82 Å². The van der Waals surface area contributed by atoms with Crippen molar-refractivity contribution < 1.29 is 4.39 Å². The van der Waals surface area contributed by atoms with E-state index in [4.69, 9.17) is 23.2 Å². The van der Waals surface area contributed by atoms with Crippen molar-refractivity contribution in [3.05, 3.63) is 82.1 Å². The van der Waals surface area contributed by atoms with E-state index in [0.717, 1.165) is 28.7 Å². The maximum atomic E-state index is 13.2. The monoisotopic (exact) mass is 349 g/mol. The molecule has 23 heavy (non-hydrogen) atoms. The van der Waals surface area contributed by atoms with E-state index >= 15 is 0 Å². The van der Waals surface area contributed by atoms with Crippen LogP contribution in [0, 0.1) is 5.82 Å². The highest BCUT2D eigenvalue weighted by Gasteiger charge is 2.12. The lowest BCUT2D eigenvalue weighted by atomic mass is 10.0. The second-order valence-corrected chi connectivity index (χ2v) is 6.05. The number of allylic oxidation sites excluding steroid dienone is 1. The molecule has 0 radical (unpaired) electrons. The van der Waals surface area contributed by atoms with Gasteiger partial charge in [0.1, 0.15) is 5.82 Å². The molecule has 0 unspecified atom stereocenters. The highest BCUT2D eigenvalue weighted by molar-refractivity contribution is 6.37. The van der Waals surface area contributed by atoms with Gasteiger partial charge in [0, 0.05) is 17.8 Å². The van der Waals surface area contributed by atoms with Gasteiger partial charge >= 0.3 is 0 Å². The molecule has 0 spiro atoms. The Morgan fingerprint density at radius 2 is 1.78 bits per heavy atom. The predicted molar refractivity (Wildman–Crippen MR) is 98.1 cm³/mol. The number of nitrogens with one attached hydrogen (secondary N) is 1. The summed E-state index contributed by atoms with van der Waals surface area (Å²) in [7, 11) is 0. The topological polar surface area (TPSA) is 12.0 Å². The minimum Gasteiger partial charge on any atom is -0.381 e. The predicted octanol–water partition coefficient (Wildman–Crippen LogP) is 6.32. The van der Waals surface area contributed by atoms with Crippen molar-refractivity contribution in [1.82, 2.24) is 5.32 Å². The number of hydrogen-bond donors (Lipinski definition) is 1. The van der Waals surface area contributed by atoms with Crippen LogP contribution in [0.15, 0.2) is 49.6 Å². The number of rotatable bonds is 6. The molecule has 0 atom stereocenters. The van der Waals surface area contributed by atoms with E-state index in [9.17, 15) is 4.39 Å². The third-order valence-corrected chi connectivity index (χ3v) is 4.16. The summed E-state index contributed by atoms with van der Waals surface area (Å²) < 4.78 is 13.2. The first-order valence-electron chi connectivity index (χ1n) is 7.27. The second kappa shape index (κ2) is 7.67. The molecule has 0 bridgehead atoms. The van der Waals surface area contributed by atoms with Gasteiger partial charge in [-0.1, -0.05) is 55.4 Å². The van der Waals surface area contributed by atoms with Crippen LogP contribution in [0.4, 0.5) is 4.39 Å². The van der Waals surface area contributed by atoms with Gasteiger partial charge in [-0.15, -0.1) is 0 Å². The largest absolute Gasteiger partial charge is 0.381 e. The van der Waals surface area contributed by atoms with Gasteiger partial charge in [0.05, 0.1) is 10.0 Å². The summed E-state index contributed by atoms with van der Waals surface area (Å²) in [6.45, 7) is 10.4. The van der Waals surface area contributed by atoms with E-state index in [0.29, 0.717) is 22.3 Å². The van der Waals surface area contributed by atoms with Crippen LogP contribution in [0.5, 0.6) is 0 Å². The summed E-state index contributed by atoms with van der Waals surface area (Å²) in [5, 5.41) is 4.26. The van der Waals surface area contributed by atoms with Crippen molar-refractivity contribution in [2.75, 3.05) is 0 Å². The molecule has 2 aromatic carbocycles. The smallest absolute Gasteiger partial charge is 0.123 e. The molecule has 120 valence electrons. The quantitative estimate of drug-likeness (QED) is 0.643. The lowest BCUT2D eigenvalue weighted by molar-refractivity contribution is 0.624. The van der Waals surface area contributed by atoms with Crippen LogP contribution in [0.1, 0.15) is 30.0 Å². The fraction of sp³-hybridized carbons (Fsp3) is 0.158. The van der Waals surface area contributed by atoms with Gasteiger partial charge in [0.15, 0.2) is 0 Å². The Labute approximate surface area is 146 Å². The van der Waals surface area contributed by atoms with E-state index in [2.05, 4.69) is 18.5 Å². The maximum Gasteiger partial charge on any atom is 0.123 e. The number of hydrogen-bond acceptors (Lipinski definition) is 1. The van der Waals surface area contributed by atoms with Gasteiger partial charge in [-0.25, -0.2) is 4.39 Å². The highest BCUT2D eigenvalue weighted by atomic mass is 35.5. The van der Waals surface area contributed by atoms with Gasteiger partial charge in [0.2, 0.25) is 0 Å². The summed E-state index contributed by atoms with van der Waals surface area (Å²) in [6.07, 6.45) is 0.775. The first-order chi connectivity index (χ1) is 10.9. The molecule has 4 heteroatoms. The summed E-state index contributed by atoms with van der Waals surface area (Å²) in [5.41, 5.74) is 3.97. The summed E-state index contributed by atoms with van der Waals surface area (Å²) in [4.78, 5) is 0.